The van der Waals surface area contributed by atoms with E-state index < -0.39 is 0 Å². The lowest BCUT2D eigenvalue weighted by atomic mass is 10.1. The molecule has 0 spiro atoms. The predicted octanol–water partition coefficient (Wildman–Crippen LogP) is 6.83. The molecule has 0 fully saturated rings. The molecule has 0 bridgehead atoms. The molecule has 4 rings (SSSR count). The monoisotopic (exact) mass is 399 g/mol. The number of fused-ring (bicyclic) bond motifs is 1. The van der Waals surface area contributed by atoms with Crippen LogP contribution < -0.4 is 5.32 Å². The normalized spacial score (nSPS) is 11.3. The minimum absolute atomic E-state index is 0.347. The minimum atomic E-state index is -0.360. The second-order valence-corrected chi connectivity index (χ2v) is 8.28. The topological polar surface area (TPSA) is 29.3 Å². The van der Waals surface area contributed by atoms with Crippen molar-refractivity contribution < 1.29 is 4.39 Å². The van der Waals surface area contributed by atoms with Gasteiger partial charge in [-0.3, -0.25) is 4.40 Å². The second-order valence-electron chi connectivity index (χ2n) is 6.69. The van der Waals surface area contributed by atoms with Crippen LogP contribution in [0.5, 0.6) is 0 Å². The molecule has 2 aromatic heterocycles. The van der Waals surface area contributed by atoms with Gasteiger partial charge in [-0.1, -0.05) is 29.8 Å². The van der Waals surface area contributed by atoms with Gasteiger partial charge in [0.05, 0.1) is 5.02 Å². The van der Waals surface area contributed by atoms with Crippen molar-refractivity contribution in [3.05, 3.63) is 68.9 Å². The number of halogens is 2. The van der Waals surface area contributed by atoms with Crippen LogP contribution in [0.2, 0.25) is 5.02 Å². The number of aromatic nitrogens is 2. The second kappa shape index (κ2) is 6.66. The zero-order valence-corrected chi connectivity index (χ0v) is 17.1. The molecule has 4 aromatic rings. The van der Waals surface area contributed by atoms with Gasteiger partial charge in [0.25, 0.3) is 0 Å². The number of rotatable bonds is 3. The molecule has 0 atom stereocenters. The van der Waals surface area contributed by atoms with Crippen molar-refractivity contribution in [1.82, 2.24) is 9.38 Å². The molecule has 0 aliphatic heterocycles. The van der Waals surface area contributed by atoms with E-state index in [1.807, 2.05) is 6.07 Å². The SMILES string of the molecule is Cc1cccc(C)c1Nc1c(-c2ccc(F)cc2Cl)nc2sc(C)c(C)n12. The van der Waals surface area contributed by atoms with Gasteiger partial charge in [0.1, 0.15) is 17.3 Å². The summed E-state index contributed by atoms with van der Waals surface area (Å²) in [6.45, 7) is 8.31. The third-order valence-electron chi connectivity index (χ3n) is 4.85. The fraction of sp³-hybridized carbons (Fsp3) is 0.190. The van der Waals surface area contributed by atoms with E-state index >= 15 is 0 Å². The lowest BCUT2D eigenvalue weighted by Crippen LogP contribution is -2.01. The maximum absolute atomic E-state index is 13.6. The minimum Gasteiger partial charge on any atom is -0.339 e. The molecule has 0 amide bonds. The van der Waals surface area contributed by atoms with Crippen LogP contribution in [0.3, 0.4) is 0 Å². The number of hydrogen-bond donors (Lipinski definition) is 1. The summed E-state index contributed by atoms with van der Waals surface area (Å²) in [6, 6.07) is 10.6. The number of imidazole rings is 1. The Morgan fingerprint density at radius 2 is 1.78 bits per heavy atom. The van der Waals surface area contributed by atoms with Crippen molar-refractivity contribution >= 4 is 39.4 Å². The molecular formula is C21H19ClFN3S. The summed E-state index contributed by atoms with van der Waals surface area (Å²) in [4.78, 5) is 6.91. The summed E-state index contributed by atoms with van der Waals surface area (Å²) in [6.07, 6.45) is 0. The van der Waals surface area contributed by atoms with Crippen molar-refractivity contribution in [1.29, 1.82) is 0 Å². The number of thiazole rings is 1. The highest BCUT2D eigenvalue weighted by molar-refractivity contribution is 7.17. The van der Waals surface area contributed by atoms with Crippen LogP contribution in [0.25, 0.3) is 16.2 Å². The Balaban J connectivity index is 1.99. The highest BCUT2D eigenvalue weighted by Crippen LogP contribution is 2.39. The van der Waals surface area contributed by atoms with E-state index in [0.29, 0.717) is 10.6 Å². The van der Waals surface area contributed by atoms with E-state index in [-0.39, 0.29) is 5.82 Å². The number of hydrogen-bond acceptors (Lipinski definition) is 3. The van der Waals surface area contributed by atoms with Crippen LogP contribution in [-0.2, 0) is 0 Å². The summed E-state index contributed by atoms with van der Waals surface area (Å²) >= 11 is 7.98. The molecule has 0 aliphatic rings. The van der Waals surface area contributed by atoms with Crippen molar-refractivity contribution in [3.63, 3.8) is 0 Å². The maximum atomic E-state index is 13.6. The lowest BCUT2D eigenvalue weighted by molar-refractivity contribution is 0.628. The molecule has 138 valence electrons. The van der Waals surface area contributed by atoms with Gasteiger partial charge < -0.3 is 5.32 Å². The molecule has 0 aliphatic carbocycles. The van der Waals surface area contributed by atoms with Gasteiger partial charge in [-0.05, 0) is 57.0 Å². The average Bonchev–Trinajstić information content (AvgIpc) is 3.08. The van der Waals surface area contributed by atoms with Gasteiger partial charge in [0.15, 0.2) is 4.96 Å². The van der Waals surface area contributed by atoms with Crippen molar-refractivity contribution in [2.45, 2.75) is 27.7 Å². The fourth-order valence-corrected chi connectivity index (χ4v) is 4.49. The number of para-hydroxylation sites is 1. The molecule has 27 heavy (non-hydrogen) atoms. The van der Waals surface area contributed by atoms with Gasteiger partial charge in [-0.25, -0.2) is 9.37 Å². The van der Waals surface area contributed by atoms with Gasteiger partial charge in [0, 0.05) is 21.8 Å². The Hall–Kier alpha value is -2.37. The molecule has 2 heterocycles. The van der Waals surface area contributed by atoms with E-state index in [0.717, 1.165) is 39.0 Å². The zero-order chi connectivity index (χ0) is 19.3. The summed E-state index contributed by atoms with van der Waals surface area (Å²) in [5.41, 5.74) is 5.89. The van der Waals surface area contributed by atoms with E-state index in [4.69, 9.17) is 16.6 Å². The summed E-state index contributed by atoms with van der Waals surface area (Å²) in [5, 5.41) is 3.93. The number of nitrogens with zero attached hydrogens (tertiary/aromatic N) is 2. The van der Waals surface area contributed by atoms with Gasteiger partial charge in [-0.2, -0.15) is 0 Å². The van der Waals surface area contributed by atoms with Crippen LogP contribution in [0.4, 0.5) is 15.9 Å². The molecule has 0 saturated carbocycles. The molecule has 6 heteroatoms. The third kappa shape index (κ3) is 3.01. The van der Waals surface area contributed by atoms with E-state index in [1.165, 1.54) is 17.0 Å². The first kappa shape index (κ1) is 18.0. The van der Waals surface area contributed by atoms with Crippen molar-refractivity contribution in [2.75, 3.05) is 5.32 Å². The predicted molar refractivity (Wildman–Crippen MR) is 112 cm³/mol. The molecule has 0 saturated heterocycles. The van der Waals surface area contributed by atoms with Gasteiger partial charge in [0.2, 0.25) is 0 Å². The number of anilines is 2. The standard InChI is InChI=1S/C21H19ClFN3S/c1-11-6-5-7-12(2)18(11)24-20-19(16-9-8-15(23)10-17(16)22)25-21-26(20)13(3)14(4)27-21/h5-10,24H,1-4H3. The highest BCUT2D eigenvalue weighted by Gasteiger charge is 2.21. The van der Waals surface area contributed by atoms with Crippen LogP contribution in [0.15, 0.2) is 36.4 Å². The first-order valence-corrected chi connectivity index (χ1v) is 9.83. The Morgan fingerprint density at radius 3 is 2.44 bits per heavy atom. The van der Waals surface area contributed by atoms with Gasteiger partial charge in [-0.15, -0.1) is 11.3 Å². The summed E-state index contributed by atoms with van der Waals surface area (Å²) in [5.74, 6) is 0.485. The molecular weight excluding hydrogens is 381 g/mol. The Bertz CT molecular complexity index is 1160. The molecule has 1 N–H and O–H groups in total. The molecule has 0 radical (unpaired) electrons. The quantitative estimate of drug-likeness (QED) is 0.409. The Kier molecular flexibility index (Phi) is 4.44. The van der Waals surface area contributed by atoms with Crippen LogP contribution in [0, 0.1) is 33.5 Å². The molecule has 0 unspecified atom stereocenters. The first-order chi connectivity index (χ1) is 12.9. The van der Waals surface area contributed by atoms with Gasteiger partial charge >= 0.3 is 0 Å². The number of aryl methyl sites for hydroxylation is 4. The zero-order valence-electron chi connectivity index (χ0n) is 15.5. The maximum Gasteiger partial charge on any atom is 0.196 e. The fourth-order valence-electron chi connectivity index (χ4n) is 3.26. The van der Waals surface area contributed by atoms with Crippen LogP contribution in [-0.4, -0.2) is 9.38 Å². The lowest BCUT2D eigenvalue weighted by Gasteiger charge is -2.14. The average molecular weight is 400 g/mol. The molecule has 2 aromatic carbocycles. The van der Waals surface area contributed by atoms with Crippen LogP contribution in [0.1, 0.15) is 21.7 Å². The van der Waals surface area contributed by atoms with E-state index in [1.54, 1.807) is 17.4 Å². The first-order valence-electron chi connectivity index (χ1n) is 8.64. The van der Waals surface area contributed by atoms with Crippen molar-refractivity contribution in [2.24, 2.45) is 0 Å². The molecule has 3 nitrogen and oxygen atoms in total. The Morgan fingerprint density at radius 1 is 1.07 bits per heavy atom. The number of benzene rings is 2. The third-order valence-corrected chi connectivity index (χ3v) is 6.22. The highest BCUT2D eigenvalue weighted by atomic mass is 35.5. The summed E-state index contributed by atoms with van der Waals surface area (Å²) < 4.78 is 15.7. The summed E-state index contributed by atoms with van der Waals surface area (Å²) in [7, 11) is 0. The number of nitrogens with one attached hydrogen (secondary N) is 1. The Labute approximate surface area is 166 Å². The van der Waals surface area contributed by atoms with Crippen LogP contribution >= 0.6 is 22.9 Å². The van der Waals surface area contributed by atoms with Crippen molar-refractivity contribution in [3.8, 4) is 11.3 Å². The smallest absolute Gasteiger partial charge is 0.196 e. The van der Waals surface area contributed by atoms with E-state index in [9.17, 15) is 4.39 Å². The largest absolute Gasteiger partial charge is 0.339 e. The van der Waals surface area contributed by atoms with E-state index in [2.05, 4.69) is 49.5 Å².